The number of amides is 1. The number of ether oxygens (including phenoxy) is 1. The maximum atomic E-state index is 11.4. The molecule has 0 aliphatic rings. The van der Waals surface area contributed by atoms with E-state index in [0.29, 0.717) is 10.8 Å². The quantitative estimate of drug-likeness (QED) is 0.868. The van der Waals surface area contributed by atoms with Crippen LogP contribution in [0.3, 0.4) is 0 Å². The van der Waals surface area contributed by atoms with Crippen molar-refractivity contribution in [1.29, 1.82) is 0 Å². The van der Waals surface area contributed by atoms with E-state index >= 15 is 0 Å². The second-order valence-corrected chi connectivity index (χ2v) is 3.94. The van der Waals surface area contributed by atoms with E-state index in [2.05, 4.69) is 9.69 Å². The van der Waals surface area contributed by atoms with Crippen molar-refractivity contribution in [2.24, 2.45) is 0 Å². The molecule has 0 spiro atoms. The van der Waals surface area contributed by atoms with Crippen molar-refractivity contribution in [3.05, 3.63) is 42.1 Å². The summed E-state index contributed by atoms with van der Waals surface area (Å²) in [5.41, 5.74) is 1.54. The molecule has 82 valence electrons. The first-order chi connectivity index (χ1) is 7.74. The van der Waals surface area contributed by atoms with Gasteiger partial charge in [-0.05, 0) is 19.1 Å². The number of aromatic nitrogens is 1. The number of anilines is 1. The first-order valence-corrected chi connectivity index (χ1v) is 5.48. The fourth-order valence-corrected chi connectivity index (χ4v) is 1.77. The standard InChI is InChI=1S/C11H10N2O2S/c1-8-7-10(16-13-8)15-11(14)12-9-5-3-2-4-6-9/h2-7H,1H3,(H,12,14). The Morgan fingerprint density at radius 1 is 1.38 bits per heavy atom. The third kappa shape index (κ3) is 2.80. The van der Waals surface area contributed by atoms with E-state index in [-0.39, 0.29) is 0 Å². The Morgan fingerprint density at radius 2 is 2.12 bits per heavy atom. The number of hydrogen-bond donors (Lipinski definition) is 1. The van der Waals surface area contributed by atoms with Gasteiger partial charge in [-0.3, -0.25) is 5.32 Å². The minimum absolute atomic E-state index is 0.492. The van der Waals surface area contributed by atoms with E-state index in [1.807, 2.05) is 25.1 Å². The van der Waals surface area contributed by atoms with Crippen LogP contribution in [0.5, 0.6) is 5.06 Å². The Kier molecular flexibility index (Phi) is 3.16. The molecule has 0 aliphatic carbocycles. The summed E-state index contributed by atoms with van der Waals surface area (Å²) in [4.78, 5) is 11.4. The fourth-order valence-electron chi connectivity index (χ4n) is 1.14. The molecule has 4 nitrogen and oxygen atoms in total. The van der Waals surface area contributed by atoms with Gasteiger partial charge >= 0.3 is 6.09 Å². The summed E-state index contributed by atoms with van der Waals surface area (Å²) in [6.07, 6.45) is -0.505. The number of hydrogen-bond acceptors (Lipinski definition) is 4. The highest BCUT2D eigenvalue weighted by molar-refractivity contribution is 7.07. The molecule has 16 heavy (non-hydrogen) atoms. The molecule has 0 saturated carbocycles. The van der Waals surface area contributed by atoms with Crippen LogP contribution in [0.1, 0.15) is 5.69 Å². The summed E-state index contributed by atoms with van der Waals surface area (Å²) >= 11 is 1.16. The molecule has 2 rings (SSSR count). The van der Waals surface area contributed by atoms with E-state index in [1.54, 1.807) is 18.2 Å². The second-order valence-electron chi connectivity index (χ2n) is 3.17. The number of aryl methyl sites for hydroxylation is 1. The number of nitrogens with one attached hydrogen (secondary N) is 1. The lowest BCUT2D eigenvalue weighted by molar-refractivity contribution is 0.216. The Morgan fingerprint density at radius 3 is 2.75 bits per heavy atom. The summed E-state index contributed by atoms with van der Waals surface area (Å²) in [6.45, 7) is 1.85. The maximum Gasteiger partial charge on any atom is 0.417 e. The smallest absolute Gasteiger partial charge is 0.397 e. The number of rotatable bonds is 2. The minimum atomic E-state index is -0.505. The molecule has 1 aromatic carbocycles. The van der Waals surface area contributed by atoms with Gasteiger partial charge in [0.1, 0.15) is 0 Å². The molecule has 1 amide bonds. The first-order valence-electron chi connectivity index (χ1n) is 4.71. The van der Waals surface area contributed by atoms with Crippen LogP contribution in [0.2, 0.25) is 0 Å². The average Bonchev–Trinajstić information content (AvgIpc) is 2.65. The van der Waals surface area contributed by atoms with Gasteiger partial charge in [0.15, 0.2) is 0 Å². The highest BCUT2D eigenvalue weighted by Gasteiger charge is 2.06. The molecular weight excluding hydrogens is 224 g/mol. The van der Waals surface area contributed by atoms with Crippen LogP contribution in [-0.4, -0.2) is 10.5 Å². The molecule has 0 saturated heterocycles. The van der Waals surface area contributed by atoms with Gasteiger partial charge in [-0.1, -0.05) is 18.2 Å². The summed E-state index contributed by atoms with van der Waals surface area (Å²) in [5, 5.41) is 3.11. The van der Waals surface area contributed by atoms with Crippen molar-refractivity contribution >= 4 is 23.3 Å². The number of para-hydroxylation sites is 1. The molecule has 1 N–H and O–H groups in total. The Hall–Kier alpha value is -1.88. The normalized spacial score (nSPS) is 9.81. The molecule has 0 aliphatic heterocycles. The van der Waals surface area contributed by atoms with Crippen molar-refractivity contribution in [2.75, 3.05) is 5.32 Å². The molecule has 1 heterocycles. The van der Waals surface area contributed by atoms with Crippen LogP contribution in [-0.2, 0) is 0 Å². The highest BCUT2D eigenvalue weighted by atomic mass is 32.1. The van der Waals surface area contributed by atoms with Gasteiger partial charge in [-0.15, -0.1) is 0 Å². The largest absolute Gasteiger partial charge is 0.417 e. The van der Waals surface area contributed by atoms with E-state index in [9.17, 15) is 4.79 Å². The lowest BCUT2D eigenvalue weighted by Crippen LogP contribution is -2.15. The van der Waals surface area contributed by atoms with E-state index in [4.69, 9.17) is 4.74 Å². The van der Waals surface area contributed by atoms with E-state index < -0.39 is 6.09 Å². The van der Waals surface area contributed by atoms with Crippen LogP contribution in [0, 0.1) is 6.92 Å². The summed E-state index contributed by atoms with van der Waals surface area (Å²) in [7, 11) is 0. The average molecular weight is 234 g/mol. The van der Waals surface area contributed by atoms with Gasteiger partial charge in [0.2, 0.25) is 5.06 Å². The van der Waals surface area contributed by atoms with Gasteiger partial charge in [0.25, 0.3) is 0 Å². The van der Waals surface area contributed by atoms with Gasteiger partial charge < -0.3 is 4.74 Å². The van der Waals surface area contributed by atoms with E-state index in [1.165, 1.54) is 0 Å². The highest BCUT2D eigenvalue weighted by Crippen LogP contribution is 2.19. The van der Waals surface area contributed by atoms with Crippen molar-refractivity contribution in [2.45, 2.75) is 6.92 Å². The molecule has 0 fully saturated rings. The predicted molar refractivity (Wildman–Crippen MR) is 62.9 cm³/mol. The molecule has 1 aromatic heterocycles. The zero-order valence-corrected chi connectivity index (χ0v) is 9.45. The maximum absolute atomic E-state index is 11.4. The van der Waals surface area contributed by atoms with Crippen LogP contribution in [0.4, 0.5) is 10.5 Å². The number of carbonyl (C=O) groups is 1. The number of benzene rings is 1. The Balaban J connectivity index is 1.95. The zero-order chi connectivity index (χ0) is 11.4. The monoisotopic (exact) mass is 234 g/mol. The topological polar surface area (TPSA) is 51.2 Å². The van der Waals surface area contributed by atoms with Crippen molar-refractivity contribution in [3.8, 4) is 5.06 Å². The van der Waals surface area contributed by atoms with Crippen LogP contribution >= 0.6 is 11.5 Å². The minimum Gasteiger partial charge on any atom is -0.397 e. The lowest BCUT2D eigenvalue weighted by atomic mass is 10.3. The van der Waals surface area contributed by atoms with Crippen LogP contribution in [0.15, 0.2) is 36.4 Å². The third-order valence-corrected chi connectivity index (χ3v) is 2.58. The molecular formula is C11H10N2O2S. The third-order valence-electron chi connectivity index (χ3n) is 1.82. The molecule has 0 atom stereocenters. The summed E-state index contributed by atoms with van der Waals surface area (Å²) in [5.74, 6) is 0. The summed E-state index contributed by atoms with van der Waals surface area (Å²) < 4.78 is 9.06. The number of carbonyl (C=O) groups excluding carboxylic acids is 1. The molecule has 0 radical (unpaired) electrons. The lowest BCUT2D eigenvalue weighted by Gasteiger charge is -2.03. The second kappa shape index (κ2) is 4.76. The zero-order valence-electron chi connectivity index (χ0n) is 8.64. The summed E-state index contributed by atoms with van der Waals surface area (Å²) in [6, 6.07) is 10.9. The molecule has 5 heteroatoms. The van der Waals surface area contributed by atoms with Gasteiger partial charge in [0.05, 0.1) is 5.69 Å². The van der Waals surface area contributed by atoms with E-state index in [0.717, 1.165) is 17.2 Å². The Labute approximate surface area is 97.0 Å². The van der Waals surface area contributed by atoms with Gasteiger partial charge in [0, 0.05) is 23.3 Å². The van der Waals surface area contributed by atoms with Gasteiger partial charge in [-0.2, -0.15) is 4.37 Å². The predicted octanol–water partition coefficient (Wildman–Crippen LogP) is 3.06. The first kappa shape index (κ1) is 10.6. The van der Waals surface area contributed by atoms with Crippen molar-refractivity contribution in [1.82, 2.24) is 4.37 Å². The van der Waals surface area contributed by atoms with Crippen LogP contribution in [0.25, 0.3) is 0 Å². The van der Waals surface area contributed by atoms with Crippen molar-refractivity contribution in [3.63, 3.8) is 0 Å². The molecule has 2 aromatic rings. The van der Waals surface area contributed by atoms with Gasteiger partial charge in [-0.25, -0.2) is 4.79 Å². The Bertz CT molecular complexity index is 482. The number of nitrogens with zero attached hydrogens (tertiary/aromatic N) is 1. The molecule has 0 bridgehead atoms. The van der Waals surface area contributed by atoms with Crippen LogP contribution < -0.4 is 10.1 Å². The SMILES string of the molecule is Cc1cc(OC(=O)Nc2ccccc2)sn1. The van der Waals surface area contributed by atoms with Crippen molar-refractivity contribution < 1.29 is 9.53 Å². The fraction of sp³-hybridized carbons (Fsp3) is 0.0909. The molecule has 0 unspecified atom stereocenters.